The van der Waals surface area contributed by atoms with Crippen LogP contribution in [0.2, 0.25) is 5.02 Å². The first-order valence-corrected chi connectivity index (χ1v) is 7.26. The van der Waals surface area contributed by atoms with Crippen molar-refractivity contribution in [1.82, 2.24) is 4.90 Å². The second-order valence-corrected chi connectivity index (χ2v) is 5.70. The Morgan fingerprint density at radius 3 is 2.52 bits per heavy atom. The fourth-order valence-corrected chi connectivity index (χ4v) is 2.50. The lowest BCUT2D eigenvalue weighted by Gasteiger charge is -2.25. The van der Waals surface area contributed by atoms with Crippen LogP contribution in [-0.2, 0) is 6.54 Å². The van der Waals surface area contributed by atoms with Crippen molar-refractivity contribution in [3.05, 3.63) is 64.7 Å². The molecule has 0 aliphatic carbocycles. The van der Waals surface area contributed by atoms with E-state index in [9.17, 15) is 10.0 Å². The van der Waals surface area contributed by atoms with E-state index in [4.69, 9.17) is 11.6 Å². The zero-order valence-electron chi connectivity index (χ0n) is 12.2. The lowest BCUT2D eigenvalue weighted by molar-refractivity contribution is 0.253. The van der Waals surface area contributed by atoms with Crippen LogP contribution < -0.4 is 5.46 Å². The quantitative estimate of drug-likeness (QED) is 0.832. The summed E-state index contributed by atoms with van der Waals surface area (Å²) in [6.07, 6.45) is 0. The van der Waals surface area contributed by atoms with E-state index in [1.54, 1.807) is 6.07 Å². The summed E-state index contributed by atoms with van der Waals surface area (Å²) in [5, 5.41) is 19.2. The minimum absolute atomic E-state index is 0.214. The molecule has 3 nitrogen and oxygen atoms in total. The van der Waals surface area contributed by atoms with E-state index >= 15 is 0 Å². The number of hydrogen-bond donors (Lipinski definition) is 2. The number of halogens is 1. The summed E-state index contributed by atoms with van der Waals surface area (Å²) in [6.45, 7) is 2.84. The molecule has 110 valence electrons. The molecule has 1 unspecified atom stereocenters. The summed E-state index contributed by atoms with van der Waals surface area (Å²) in [5.74, 6) is 0. The topological polar surface area (TPSA) is 43.7 Å². The summed E-state index contributed by atoms with van der Waals surface area (Å²) in [4.78, 5) is 2.19. The highest BCUT2D eigenvalue weighted by atomic mass is 35.5. The van der Waals surface area contributed by atoms with Crippen molar-refractivity contribution in [2.24, 2.45) is 0 Å². The molecule has 0 aromatic heterocycles. The minimum atomic E-state index is -1.43. The molecule has 0 saturated heterocycles. The van der Waals surface area contributed by atoms with E-state index in [2.05, 4.69) is 17.9 Å². The summed E-state index contributed by atoms with van der Waals surface area (Å²) in [5.41, 5.74) is 2.71. The predicted octanol–water partition coefficient (Wildman–Crippen LogP) is 2.21. The molecule has 0 spiro atoms. The van der Waals surface area contributed by atoms with E-state index in [0.29, 0.717) is 12.0 Å². The van der Waals surface area contributed by atoms with Crippen LogP contribution in [0, 0.1) is 0 Å². The van der Waals surface area contributed by atoms with Crippen LogP contribution in [0.3, 0.4) is 0 Å². The van der Waals surface area contributed by atoms with Crippen molar-refractivity contribution in [2.75, 3.05) is 7.05 Å². The third-order valence-corrected chi connectivity index (χ3v) is 3.91. The van der Waals surface area contributed by atoms with Crippen LogP contribution in [-0.4, -0.2) is 29.1 Å². The first kappa shape index (κ1) is 16.1. The fourth-order valence-electron chi connectivity index (χ4n) is 2.30. The van der Waals surface area contributed by atoms with Gasteiger partial charge in [0.2, 0.25) is 0 Å². The fraction of sp³-hybridized carbons (Fsp3) is 0.250. The monoisotopic (exact) mass is 303 g/mol. The van der Waals surface area contributed by atoms with E-state index in [1.807, 2.05) is 43.4 Å². The van der Waals surface area contributed by atoms with Gasteiger partial charge in [-0.3, -0.25) is 4.90 Å². The molecule has 5 heteroatoms. The molecule has 2 aromatic carbocycles. The molecule has 0 radical (unpaired) electrons. The van der Waals surface area contributed by atoms with Gasteiger partial charge in [-0.1, -0.05) is 48.0 Å². The Kier molecular flexibility index (Phi) is 5.42. The zero-order chi connectivity index (χ0) is 15.4. The van der Waals surface area contributed by atoms with Crippen LogP contribution in [0.15, 0.2) is 48.5 Å². The van der Waals surface area contributed by atoms with Gasteiger partial charge >= 0.3 is 7.12 Å². The van der Waals surface area contributed by atoms with Crippen molar-refractivity contribution >= 4 is 24.2 Å². The minimum Gasteiger partial charge on any atom is -0.423 e. The van der Waals surface area contributed by atoms with Gasteiger partial charge in [-0.2, -0.15) is 0 Å². The van der Waals surface area contributed by atoms with Crippen LogP contribution >= 0.6 is 11.6 Å². The number of rotatable bonds is 5. The number of benzene rings is 2. The van der Waals surface area contributed by atoms with Crippen LogP contribution in [0.5, 0.6) is 0 Å². The van der Waals surface area contributed by atoms with Crippen molar-refractivity contribution in [1.29, 1.82) is 0 Å². The second-order valence-electron chi connectivity index (χ2n) is 5.26. The molecule has 21 heavy (non-hydrogen) atoms. The molecule has 2 aromatic rings. The van der Waals surface area contributed by atoms with Crippen LogP contribution in [0.25, 0.3) is 0 Å². The summed E-state index contributed by atoms with van der Waals surface area (Å²) in [7, 11) is 0.605. The van der Waals surface area contributed by atoms with Gasteiger partial charge in [0.05, 0.1) is 0 Å². The van der Waals surface area contributed by atoms with Gasteiger partial charge in [-0.25, -0.2) is 0 Å². The van der Waals surface area contributed by atoms with Crippen molar-refractivity contribution in [3.63, 3.8) is 0 Å². The average molecular weight is 304 g/mol. The molecular weight excluding hydrogens is 284 g/mol. The molecule has 0 aliphatic rings. The van der Waals surface area contributed by atoms with Gasteiger partial charge in [0.25, 0.3) is 0 Å². The third kappa shape index (κ3) is 4.32. The van der Waals surface area contributed by atoms with E-state index < -0.39 is 7.12 Å². The molecule has 2 rings (SSSR count). The number of hydrogen-bond acceptors (Lipinski definition) is 3. The van der Waals surface area contributed by atoms with E-state index in [1.165, 1.54) is 0 Å². The zero-order valence-corrected chi connectivity index (χ0v) is 13.0. The Labute approximate surface area is 130 Å². The van der Waals surface area contributed by atoms with Crippen LogP contribution in [0.4, 0.5) is 0 Å². The molecule has 2 N–H and O–H groups in total. The molecule has 0 amide bonds. The third-order valence-electron chi connectivity index (χ3n) is 3.67. The Bertz CT molecular complexity index is 606. The van der Waals surface area contributed by atoms with Gasteiger partial charge in [-0.05, 0) is 42.7 Å². The molecule has 0 heterocycles. The van der Waals surface area contributed by atoms with E-state index in [-0.39, 0.29) is 6.04 Å². The molecule has 1 atom stereocenters. The Hall–Kier alpha value is -1.33. The predicted molar refractivity (Wildman–Crippen MR) is 87.6 cm³/mol. The summed E-state index contributed by atoms with van der Waals surface area (Å²) >= 11 is 6.04. The van der Waals surface area contributed by atoms with Gasteiger partial charge in [0.15, 0.2) is 0 Å². The highest BCUT2D eigenvalue weighted by Gasteiger charge is 2.14. The summed E-state index contributed by atoms with van der Waals surface area (Å²) < 4.78 is 0. The molecule has 0 fully saturated rings. The van der Waals surface area contributed by atoms with Gasteiger partial charge in [-0.15, -0.1) is 0 Å². The summed E-state index contributed by atoms with van der Waals surface area (Å²) in [6, 6.07) is 15.4. The van der Waals surface area contributed by atoms with Gasteiger partial charge < -0.3 is 10.0 Å². The normalized spacial score (nSPS) is 12.5. The molecular formula is C16H19BClNO2. The highest BCUT2D eigenvalue weighted by Crippen LogP contribution is 2.23. The molecule has 0 saturated carbocycles. The smallest absolute Gasteiger partial charge is 0.423 e. The largest absolute Gasteiger partial charge is 0.488 e. The van der Waals surface area contributed by atoms with Crippen molar-refractivity contribution in [3.8, 4) is 0 Å². The Morgan fingerprint density at radius 1 is 1.14 bits per heavy atom. The first-order chi connectivity index (χ1) is 9.97. The lowest BCUT2D eigenvalue weighted by atomic mass is 9.79. The lowest BCUT2D eigenvalue weighted by Crippen LogP contribution is -2.30. The number of nitrogens with zero attached hydrogens (tertiary/aromatic N) is 1. The molecule has 0 aliphatic heterocycles. The second kappa shape index (κ2) is 7.10. The Balaban J connectivity index is 2.10. The van der Waals surface area contributed by atoms with Crippen LogP contribution in [0.1, 0.15) is 24.1 Å². The maximum atomic E-state index is 9.23. The maximum absolute atomic E-state index is 9.23. The first-order valence-electron chi connectivity index (χ1n) is 6.88. The van der Waals surface area contributed by atoms with Gasteiger partial charge in [0, 0.05) is 17.6 Å². The van der Waals surface area contributed by atoms with Crippen molar-refractivity contribution < 1.29 is 10.0 Å². The Morgan fingerprint density at radius 2 is 1.86 bits per heavy atom. The molecule has 0 bridgehead atoms. The van der Waals surface area contributed by atoms with Crippen molar-refractivity contribution in [2.45, 2.75) is 19.5 Å². The standard InChI is InChI=1S/C16H19BClNO2/c1-12(14-6-4-8-16(18)10-14)19(2)11-13-5-3-7-15(9-13)17(20)21/h3-10,12,20-21H,11H2,1-2H3. The SMILES string of the molecule is CC(c1cccc(Cl)c1)N(C)Cc1cccc(B(O)O)c1. The average Bonchev–Trinajstić information content (AvgIpc) is 2.46. The highest BCUT2D eigenvalue weighted by molar-refractivity contribution is 6.58. The van der Waals surface area contributed by atoms with E-state index in [0.717, 1.165) is 16.1 Å². The van der Waals surface area contributed by atoms with Gasteiger partial charge in [0.1, 0.15) is 0 Å². The maximum Gasteiger partial charge on any atom is 0.488 e.